The van der Waals surface area contributed by atoms with Crippen LogP contribution in [0, 0.1) is 17.5 Å². The summed E-state index contributed by atoms with van der Waals surface area (Å²) >= 11 is -2.37. The molecule has 1 rings (SSSR count). The Morgan fingerprint density at radius 3 is 2.14 bits per heavy atom. The molecule has 0 fully saturated rings. The van der Waals surface area contributed by atoms with Crippen LogP contribution >= 0.6 is 0 Å². The predicted octanol–water partition coefficient (Wildman–Crippen LogP) is 1.53. The van der Waals surface area contributed by atoms with Gasteiger partial charge in [-0.05, 0) is 6.42 Å². The van der Waals surface area contributed by atoms with Gasteiger partial charge in [0.15, 0.2) is 0 Å². The first-order chi connectivity index (χ1) is 6.50. The molecule has 2 nitrogen and oxygen atoms in total. The summed E-state index contributed by atoms with van der Waals surface area (Å²) in [4.78, 5) is 0. The van der Waals surface area contributed by atoms with Crippen molar-refractivity contribution in [3.63, 3.8) is 0 Å². The second kappa shape index (κ2) is 4.56. The summed E-state index contributed by atoms with van der Waals surface area (Å²) in [6.07, 6.45) is -0.298. The Hall–Kier alpha value is -0.880. The van der Waals surface area contributed by atoms with E-state index in [1.807, 2.05) is 0 Å². The maximum atomic E-state index is 12.9. The lowest BCUT2D eigenvalue weighted by Gasteiger charge is -2.06. The van der Waals surface area contributed by atoms with Crippen LogP contribution in [-0.4, -0.2) is 14.5 Å². The second-order valence-corrected chi connectivity index (χ2v) is 3.62. The van der Waals surface area contributed by atoms with Crippen LogP contribution in [0.3, 0.4) is 0 Å². The van der Waals surface area contributed by atoms with E-state index >= 15 is 0 Å². The van der Waals surface area contributed by atoms with E-state index in [-0.39, 0.29) is 12.2 Å². The smallest absolute Gasteiger partial charge is 0.132 e. The Kier molecular flexibility index (Phi) is 3.65. The molecule has 1 unspecified atom stereocenters. The Morgan fingerprint density at radius 2 is 1.71 bits per heavy atom. The van der Waals surface area contributed by atoms with E-state index in [9.17, 15) is 21.9 Å². The zero-order chi connectivity index (χ0) is 10.7. The van der Waals surface area contributed by atoms with Crippen molar-refractivity contribution in [2.24, 2.45) is 0 Å². The molecule has 1 aromatic carbocycles. The summed E-state index contributed by atoms with van der Waals surface area (Å²) in [6.45, 7) is 0. The van der Waals surface area contributed by atoms with Gasteiger partial charge in [0.25, 0.3) is 0 Å². The van der Waals surface area contributed by atoms with E-state index in [0.717, 1.165) is 0 Å². The molecule has 0 aliphatic heterocycles. The molecular formula is C8H6F3O2S-. The van der Waals surface area contributed by atoms with Crippen LogP contribution in [0.5, 0.6) is 0 Å². The molecule has 0 radical (unpaired) electrons. The summed E-state index contributed by atoms with van der Waals surface area (Å²) in [5.41, 5.74) is -0.407. The van der Waals surface area contributed by atoms with Crippen LogP contribution in [0.15, 0.2) is 12.1 Å². The van der Waals surface area contributed by atoms with Gasteiger partial charge < -0.3 is 4.55 Å². The van der Waals surface area contributed by atoms with Crippen LogP contribution in [-0.2, 0) is 17.5 Å². The van der Waals surface area contributed by atoms with Crippen molar-refractivity contribution in [2.45, 2.75) is 6.42 Å². The minimum Gasteiger partial charge on any atom is -0.772 e. The van der Waals surface area contributed by atoms with Crippen molar-refractivity contribution < 1.29 is 21.9 Å². The Morgan fingerprint density at radius 1 is 1.21 bits per heavy atom. The standard InChI is InChI=1S/C8H7F3O2S/c9-5-3-7(10)6(8(11)4-5)1-2-14(12)13/h3-4H,1-2H2,(H,12,13)/p-1. The van der Waals surface area contributed by atoms with E-state index in [0.29, 0.717) is 12.1 Å². The van der Waals surface area contributed by atoms with Gasteiger partial charge in [-0.15, -0.1) is 0 Å². The van der Waals surface area contributed by atoms with Gasteiger partial charge in [-0.3, -0.25) is 4.21 Å². The van der Waals surface area contributed by atoms with E-state index in [4.69, 9.17) is 0 Å². The van der Waals surface area contributed by atoms with Gasteiger partial charge in [0.1, 0.15) is 17.5 Å². The molecular weight excluding hydrogens is 217 g/mol. The maximum absolute atomic E-state index is 12.9. The van der Waals surface area contributed by atoms with Crippen molar-refractivity contribution in [3.8, 4) is 0 Å². The van der Waals surface area contributed by atoms with Gasteiger partial charge >= 0.3 is 0 Å². The van der Waals surface area contributed by atoms with Gasteiger partial charge in [-0.2, -0.15) is 0 Å². The topological polar surface area (TPSA) is 40.1 Å². The highest BCUT2D eigenvalue weighted by Gasteiger charge is 2.10. The largest absolute Gasteiger partial charge is 0.772 e. The fourth-order valence-electron chi connectivity index (χ4n) is 0.996. The van der Waals surface area contributed by atoms with Crippen LogP contribution in [0.2, 0.25) is 0 Å². The number of hydrogen-bond acceptors (Lipinski definition) is 2. The maximum Gasteiger partial charge on any atom is 0.132 e. The zero-order valence-corrected chi connectivity index (χ0v) is 7.74. The molecule has 6 heteroatoms. The molecule has 14 heavy (non-hydrogen) atoms. The average Bonchev–Trinajstić information content (AvgIpc) is 2.01. The Labute approximate surface area is 81.0 Å². The third-order valence-corrected chi connectivity index (χ3v) is 2.16. The summed E-state index contributed by atoms with van der Waals surface area (Å²) in [5, 5.41) is 0. The number of halogens is 3. The summed E-state index contributed by atoms with van der Waals surface area (Å²) in [7, 11) is 0. The molecule has 0 aliphatic carbocycles. The number of benzene rings is 1. The highest BCUT2D eigenvalue weighted by molar-refractivity contribution is 7.79. The molecule has 0 aliphatic rings. The van der Waals surface area contributed by atoms with Crippen LogP contribution in [0.1, 0.15) is 5.56 Å². The number of rotatable bonds is 3. The first-order valence-corrected chi connectivity index (χ1v) is 4.94. The van der Waals surface area contributed by atoms with Crippen molar-refractivity contribution in [3.05, 3.63) is 35.1 Å². The predicted molar refractivity (Wildman–Crippen MR) is 43.8 cm³/mol. The first-order valence-electron chi connectivity index (χ1n) is 3.70. The highest BCUT2D eigenvalue weighted by atomic mass is 32.2. The molecule has 0 amide bonds. The first kappa shape index (κ1) is 11.2. The van der Waals surface area contributed by atoms with Gasteiger partial charge in [0, 0.05) is 23.4 Å². The molecule has 1 atom stereocenters. The van der Waals surface area contributed by atoms with Crippen LogP contribution in [0.25, 0.3) is 0 Å². The van der Waals surface area contributed by atoms with E-state index in [2.05, 4.69) is 0 Å². The van der Waals surface area contributed by atoms with Crippen molar-refractivity contribution >= 4 is 11.1 Å². The fraction of sp³-hybridized carbons (Fsp3) is 0.250. The molecule has 0 spiro atoms. The molecule has 0 saturated heterocycles. The minimum atomic E-state index is -2.37. The lowest BCUT2D eigenvalue weighted by molar-refractivity contribution is 0.520. The third kappa shape index (κ3) is 2.81. The molecule has 0 aromatic heterocycles. The Balaban J connectivity index is 2.91. The second-order valence-electron chi connectivity index (χ2n) is 2.61. The zero-order valence-electron chi connectivity index (χ0n) is 6.93. The van der Waals surface area contributed by atoms with Gasteiger partial charge in [0.2, 0.25) is 0 Å². The van der Waals surface area contributed by atoms with Gasteiger partial charge in [-0.25, -0.2) is 13.2 Å². The van der Waals surface area contributed by atoms with E-state index in [1.165, 1.54) is 0 Å². The number of hydrogen-bond donors (Lipinski definition) is 0. The van der Waals surface area contributed by atoms with E-state index < -0.39 is 34.1 Å². The van der Waals surface area contributed by atoms with Crippen LogP contribution < -0.4 is 0 Å². The average molecular weight is 223 g/mol. The minimum absolute atomic E-state index is 0.298. The molecule has 0 bridgehead atoms. The lowest BCUT2D eigenvalue weighted by Crippen LogP contribution is -2.04. The lowest BCUT2D eigenvalue weighted by atomic mass is 10.1. The quantitative estimate of drug-likeness (QED) is 0.729. The summed E-state index contributed by atoms with van der Waals surface area (Å²) in [5.74, 6) is -3.53. The monoisotopic (exact) mass is 223 g/mol. The van der Waals surface area contributed by atoms with Crippen molar-refractivity contribution in [1.82, 2.24) is 0 Å². The molecule has 0 heterocycles. The Bertz CT molecular complexity index is 345. The molecule has 0 N–H and O–H groups in total. The summed E-state index contributed by atoms with van der Waals surface area (Å²) < 4.78 is 58.5. The van der Waals surface area contributed by atoms with Crippen LogP contribution in [0.4, 0.5) is 13.2 Å². The highest BCUT2D eigenvalue weighted by Crippen LogP contribution is 2.15. The van der Waals surface area contributed by atoms with Crippen molar-refractivity contribution in [2.75, 3.05) is 5.75 Å². The van der Waals surface area contributed by atoms with E-state index in [1.54, 1.807) is 0 Å². The molecule has 78 valence electrons. The molecule has 1 aromatic rings. The fourth-order valence-corrected chi connectivity index (χ4v) is 1.37. The third-order valence-electron chi connectivity index (χ3n) is 1.62. The summed E-state index contributed by atoms with van der Waals surface area (Å²) in [6, 6.07) is 1.04. The van der Waals surface area contributed by atoms with Gasteiger partial charge in [0.05, 0.1) is 0 Å². The SMILES string of the molecule is O=S([O-])CCc1c(F)cc(F)cc1F. The molecule has 0 saturated carbocycles. The van der Waals surface area contributed by atoms with Crippen molar-refractivity contribution in [1.29, 1.82) is 0 Å². The van der Waals surface area contributed by atoms with Gasteiger partial charge in [-0.1, -0.05) is 11.1 Å². The normalized spacial score (nSPS) is 12.9.